The normalized spacial score (nSPS) is 16.1. The van der Waals surface area contributed by atoms with Crippen molar-refractivity contribution in [1.82, 2.24) is 0 Å². The Hall–Kier alpha value is -0.100. The third-order valence-electron chi connectivity index (χ3n) is 7.65. The topological polar surface area (TPSA) is 0 Å². The second kappa shape index (κ2) is 11.9. The van der Waals surface area contributed by atoms with Crippen LogP contribution in [0, 0.1) is 19.0 Å². The molecule has 2 heteroatoms. The van der Waals surface area contributed by atoms with E-state index < -0.39 is 0 Å². The highest BCUT2D eigenvalue weighted by Crippen LogP contribution is 2.56. The molecule has 0 saturated heterocycles. The van der Waals surface area contributed by atoms with Crippen molar-refractivity contribution in [3.63, 3.8) is 0 Å². The lowest BCUT2D eigenvalue weighted by Gasteiger charge is -2.38. The van der Waals surface area contributed by atoms with Gasteiger partial charge in [0.05, 0.1) is 0 Å². The zero-order valence-corrected chi connectivity index (χ0v) is 24.3. The van der Waals surface area contributed by atoms with Crippen LogP contribution in [0.15, 0.2) is 36.4 Å². The molecule has 0 heterocycles. The molecule has 0 bridgehead atoms. The SMILES string of the molecule is CCCC[C@@H](CC)CC1(C[C@H](CC)CCCC)c2cc(I)ccc2-c2ccc(I)cc21. The second-order valence-corrected chi connectivity index (χ2v) is 12.2. The third-order valence-corrected chi connectivity index (χ3v) is 8.99. The summed E-state index contributed by atoms with van der Waals surface area (Å²) in [5.41, 5.74) is 6.43. The van der Waals surface area contributed by atoms with E-state index in [1.165, 1.54) is 82.5 Å². The van der Waals surface area contributed by atoms with E-state index in [0.29, 0.717) is 0 Å². The Labute approximate surface area is 218 Å². The van der Waals surface area contributed by atoms with Crippen molar-refractivity contribution in [2.75, 3.05) is 0 Å². The molecule has 2 aromatic carbocycles. The lowest BCUT2D eigenvalue weighted by Crippen LogP contribution is -2.31. The van der Waals surface area contributed by atoms with Gasteiger partial charge < -0.3 is 0 Å². The molecule has 0 amide bonds. The quantitative estimate of drug-likeness (QED) is 0.202. The van der Waals surface area contributed by atoms with Crippen LogP contribution >= 0.6 is 45.2 Å². The van der Waals surface area contributed by atoms with E-state index in [2.05, 4.69) is 109 Å². The molecule has 0 spiro atoms. The molecule has 3 rings (SSSR count). The Morgan fingerprint density at radius 3 is 1.45 bits per heavy atom. The second-order valence-electron chi connectivity index (χ2n) is 9.70. The molecule has 0 N–H and O–H groups in total. The highest BCUT2D eigenvalue weighted by molar-refractivity contribution is 14.1. The molecular weight excluding hydrogens is 602 g/mol. The van der Waals surface area contributed by atoms with E-state index in [9.17, 15) is 0 Å². The molecule has 0 radical (unpaired) electrons. The molecule has 0 saturated carbocycles. The molecule has 0 aromatic heterocycles. The van der Waals surface area contributed by atoms with Crippen molar-refractivity contribution in [3.05, 3.63) is 54.7 Å². The van der Waals surface area contributed by atoms with Gasteiger partial charge in [0, 0.05) is 12.6 Å². The van der Waals surface area contributed by atoms with Crippen LogP contribution in [-0.4, -0.2) is 0 Å². The van der Waals surface area contributed by atoms with Crippen molar-refractivity contribution in [3.8, 4) is 11.1 Å². The molecule has 2 aromatic rings. The van der Waals surface area contributed by atoms with Gasteiger partial charge in [0.2, 0.25) is 0 Å². The number of hydrogen-bond donors (Lipinski definition) is 0. The number of benzene rings is 2. The van der Waals surface area contributed by atoms with Crippen LogP contribution in [0.3, 0.4) is 0 Å². The van der Waals surface area contributed by atoms with E-state index in [0.717, 1.165) is 11.8 Å². The standard InChI is InChI=1S/C29H40I2/c1-5-9-11-21(7-3)19-29(20-22(8-4)12-10-6-2)27-17-23(30)13-15-25(27)26-16-14-24(31)18-28(26)29/h13-18,21-22H,5-12,19-20H2,1-4H3/t21-,22-/m1/s1. The first-order chi connectivity index (χ1) is 15.0. The first-order valence-electron chi connectivity index (χ1n) is 12.6. The average molecular weight is 642 g/mol. The summed E-state index contributed by atoms with van der Waals surface area (Å²) >= 11 is 5.05. The van der Waals surface area contributed by atoms with E-state index in [1.807, 2.05) is 0 Å². The zero-order chi connectivity index (χ0) is 22.4. The van der Waals surface area contributed by atoms with Crippen LogP contribution < -0.4 is 0 Å². The molecule has 1 aliphatic rings. The van der Waals surface area contributed by atoms with Gasteiger partial charge in [0.25, 0.3) is 0 Å². The molecule has 0 unspecified atom stereocenters. The first-order valence-corrected chi connectivity index (χ1v) is 14.7. The van der Waals surface area contributed by atoms with Crippen molar-refractivity contribution in [1.29, 1.82) is 0 Å². The van der Waals surface area contributed by atoms with Crippen LogP contribution in [0.2, 0.25) is 0 Å². The summed E-state index contributed by atoms with van der Waals surface area (Å²) < 4.78 is 2.76. The summed E-state index contributed by atoms with van der Waals surface area (Å²) in [6.07, 6.45) is 13.3. The van der Waals surface area contributed by atoms with Crippen LogP contribution in [-0.2, 0) is 5.41 Å². The largest absolute Gasteiger partial charge is 0.0654 e. The predicted molar refractivity (Wildman–Crippen MR) is 154 cm³/mol. The number of fused-ring (bicyclic) bond motifs is 3. The van der Waals surface area contributed by atoms with E-state index in [-0.39, 0.29) is 5.41 Å². The van der Waals surface area contributed by atoms with E-state index >= 15 is 0 Å². The molecular formula is C29H40I2. The predicted octanol–water partition coefficient (Wildman–Crippen LogP) is 10.4. The summed E-state index contributed by atoms with van der Waals surface area (Å²) in [5.74, 6) is 1.61. The van der Waals surface area contributed by atoms with Crippen LogP contribution in [0.4, 0.5) is 0 Å². The summed E-state index contributed by atoms with van der Waals surface area (Å²) in [4.78, 5) is 0. The van der Waals surface area contributed by atoms with Gasteiger partial charge in [0.1, 0.15) is 0 Å². The Balaban J connectivity index is 2.16. The van der Waals surface area contributed by atoms with Crippen molar-refractivity contribution >= 4 is 45.2 Å². The fourth-order valence-electron chi connectivity index (χ4n) is 5.84. The van der Waals surface area contributed by atoms with Gasteiger partial charge >= 0.3 is 0 Å². The summed E-state index contributed by atoms with van der Waals surface area (Å²) in [6.45, 7) is 9.52. The Bertz CT molecular complexity index is 782. The molecule has 2 atom stereocenters. The molecule has 31 heavy (non-hydrogen) atoms. The van der Waals surface area contributed by atoms with Crippen LogP contribution in [0.5, 0.6) is 0 Å². The molecule has 0 aliphatic heterocycles. The maximum atomic E-state index is 2.53. The van der Waals surface area contributed by atoms with Crippen LogP contribution in [0.25, 0.3) is 11.1 Å². The molecule has 1 aliphatic carbocycles. The van der Waals surface area contributed by atoms with Gasteiger partial charge in [-0.2, -0.15) is 0 Å². The van der Waals surface area contributed by atoms with Gasteiger partial charge in [-0.25, -0.2) is 0 Å². The van der Waals surface area contributed by atoms with Crippen molar-refractivity contribution < 1.29 is 0 Å². The minimum absolute atomic E-state index is 0.176. The average Bonchev–Trinajstić information content (AvgIpc) is 3.02. The molecule has 0 fully saturated rings. The molecule has 0 nitrogen and oxygen atoms in total. The van der Waals surface area contributed by atoms with Gasteiger partial charge in [-0.3, -0.25) is 0 Å². The lowest BCUT2D eigenvalue weighted by atomic mass is 9.65. The summed E-state index contributed by atoms with van der Waals surface area (Å²) in [7, 11) is 0. The number of unbranched alkanes of at least 4 members (excludes halogenated alkanes) is 2. The third kappa shape index (κ3) is 5.70. The lowest BCUT2D eigenvalue weighted by molar-refractivity contribution is 0.266. The maximum Gasteiger partial charge on any atom is 0.0221 e. The highest BCUT2D eigenvalue weighted by Gasteiger charge is 2.45. The first kappa shape index (κ1) is 25.5. The van der Waals surface area contributed by atoms with E-state index in [4.69, 9.17) is 0 Å². The van der Waals surface area contributed by atoms with E-state index in [1.54, 1.807) is 11.1 Å². The van der Waals surface area contributed by atoms with Gasteiger partial charge in [0.15, 0.2) is 0 Å². The number of rotatable bonds is 12. The minimum atomic E-state index is 0.176. The number of halogens is 2. The van der Waals surface area contributed by atoms with Crippen molar-refractivity contribution in [2.24, 2.45) is 11.8 Å². The minimum Gasteiger partial charge on any atom is -0.0654 e. The smallest absolute Gasteiger partial charge is 0.0221 e. The highest BCUT2D eigenvalue weighted by atomic mass is 127. The van der Waals surface area contributed by atoms with Gasteiger partial charge in [-0.05, 0) is 116 Å². The molecule has 170 valence electrons. The van der Waals surface area contributed by atoms with Crippen LogP contribution in [0.1, 0.15) is 103 Å². The Morgan fingerprint density at radius 2 is 1.10 bits per heavy atom. The zero-order valence-electron chi connectivity index (χ0n) is 19.9. The van der Waals surface area contributed by atoms with Crippen molar-refractivity contribution in [2.45, 2.75) is 97.3 Å². The summed E-state index contributed by atoms with van der Waals surface area (Å²) in [5, 5.41) is 0. The summed E-state index contributed by atoms with van der Waals surface area (Å²) in [6, 6.07) is 14.5. The van der Waals surface area contributed by atoms with Gasteiger partial charge in [-0.15, -0.1) is 0 Å². The van der Waals surface area contributed by atoms with Gasteiger partial charge in [-0.1, -0.05) is 91.2 Å². The number of hydrogen-bond acceptors (Lipinski definition) is 0. The Kier molecular flexibility index (Phi) is 9.76. The monoisotopic (exact) mass is 642 g/mol. The fraction of sp³-hybridized carbons (Fsp3) is 0.586. The fourth-order valence-corrected chi connectivity index (χ4v) is 6.82. The maximum absolute atomic E-state index is 2.53. The Morgan fingerprint density at radius 1 is 0.677 bits per heavy atom.